The van der Waals surface area contributed by atoms with Gasteiger partial charge in [-0.2, -0.15) is 0 Å². The van der Waals surface area contributed by atoms with Gasteiger partial charge >= 0.3 is 0 Å². The molecule has 1 unspecified atom stereocenters. The first kappa shape index (κ1) is 41.1. The number of amides is 7. The number of hydrogen-bond acceptors (Lipinski definition) is 10. The largest absolute Gasteiger partial charge is 0.383 e. The van der Waals surface area contributed by atoms with Crippen LogP contribution in [-0.4, -0.2) is 89.5 Å². The highest BCUT2D eigenvalue weighted by atomic mass is 19.1. The number of nitrogens with one attached hydrogen (secondary N) is 6. The van der Waals surface area contributed by atoms with Crippen LogP contribution in [0, 0.1) is 11.6 Å². The summed E-state index contributed by atoms with van der Waals surface area (Å²) in [4.78, 5) is 94.0. The number of fused-ring (bicyclic) bond motifs is 2. The monoisotopic (exact) mass is 820 g/mol. The van der Waals surface area contributed by atoms with Gasteiger partial charge in [-0.1, -0.05) is 18.2 Å². The van der Waals surface area contributed by atoms with Gasteiger partial charge in [0.15, 0.2) is 0 Å². The lowest BCUT2D eigenvalue weighted by molar-refractivity contribution is -0.136. The quantitative estimate of drug-likeness (QED) is 0.0509. The minimum Gasteiger partial charge on any atom is -0.383 e. The number of carbonyl (C=O) groups is 7. The van der Waals surface area contributed by atoms with Crippen LogP contribution in [0.15, 0.2) is 67.4 Å². The number of carbonyl (C=O) groups excluding carboxylic acids is 7. The zero-order chi connectivity index (χ0) is 42.5. The van der Waals surface area contributed by atoms with Gasteiger partial charge < -0.3 is 26.6 Å². The summed E-state index contributed by atoms with van der Waals surface area (Å²) in [6.45, 7) is 4.40. The molecule has 17 heteroatoms. The highest BCUT2D eigenvalue weighted by Gasteiger charge is 2.45. The van der Waals surface area contributed by atoms with Gasteiger partial charge in [-0.05, 0) is 74.4 Å². The first-order chi connectivity index (χ1) is 28.9. The van der Waals surface area contributed by atoms with Gasteiger partial charge in [-0.3, -0.25) is 48.8 Å². The van der Waals surface area contributed by atoms with Crippen molar-refractivity contribution >= 4 is 63.6 Å². The average Bonchev–Trinajstić information content (AvgIpc) is 4.01. The van der Waals surface area contributed by atoms with Gasteiger partial charge in [0.2, 0.25) is 17.7 Å². The van der Waals surface area contributed by atoms with E-state index in [0.717, 1.165) is 23.8 Å². The number of benzene rings is 3. The number of piperidine rings is 1. The Hall–Kier alpha value is -7.04. The number of rotatable bonds is 17. The molecule has 1 aromatic heterocycles. The summed E-state index contributed by atoms with van der Waals surface area (Å²) in [5.74, 6) is -5.45. The van der Waals surface area contributed by atoms with Crippen LogP contribution in [0.3, 0.4) is 0 Å². The Morgan fingerprint density at radius 3 is 2.37 bits per heavy atom. The Bertz CT molecular complexity index is 2450. The second kappa shape index (κ2) is 17.8. The fourth-order valence-corrected chi connectivity index (χ4v) is 7.13. The maximum absolute atomic E-state index is 15.5. The maximum Gasteiger partial charge on any atom is 0.264 e. The molecule has 310 valence electrons. The predicted octanol–water partition coefficient (Wildman–Crippen LogP) is 4.20. The third-order valence-electron chi connectivity index (χ3n) is 10.4. The van der Waals surface area contributed by atoms with E-state index in [2.05, 4.69) is 43.5 Å². The molecule has 6 N–H and O–H groups in total. The molecule has 3 heterocycles. The van der Waals surface area contributed by atoms with Gasteiger partial charge in [0.05, 0.1) is 40.0 Å². The highest BCUT2D eigenvalue weighted by molar-refractivity contribution is 6.25. The summed E-state index contributed by atoms with van der Waals surface area (Å²) in [5, 5.41) is 17.1. The molecule has 7 amide bonds. The number of aromatic nitrogens is 1. The molecule has 2 fully saturated rings. The predicted molar refractivity (Wildman–Crippen MR) is 217 cm³/mol. The minimum absolute atomic E-state index is 0.00817. The number of hydrogen-bond donors (Lipinski definition) is 6. The van der Waals surface area contributed by atoms with Crippen LogP contribution in [0.1, 0.15) is 86.4 Å². The molecule has 15 nitrogen and oxygen atoms in total. The first-order valence-electron chi connectivity index (χ1n) is 19.7. The fourth-order valence-electron chi connectivity index (χ4n) is 7.13. The van der Waals surface area contributed by atoms with Gasteiger partial charge in [-0.25, -0.2) is 8.78 Å². The zero-order valence-electron chi connectivity index (χ0n) is 32.4. The van der Waals surface area contributed by atoms with Crippen LogP contribution in [0.2, 0.25) is 0 Å². The van der Waals surface area contributed by atoms with Crippen molar-refractivity contribution in [2.24, 2.45) is 0 Å². The smallest absolute Gasteiger partial charge is 0.264 e. The van der Waals surface area contributed by atoms with E-state index < -0.39 is 53.1 Å². The molecular formula is C43H42F2N8O7. The third-order valence-corrected chi connectivity index (χ3v) is 10.4. The van der Waals surface area contributed by atoms with Gasteiger partial charge in [0, 0.05) is 61.0 Å². The molecule has 1 atom stereocenters. The van der Waals surface area contributed by atoms with E-state index in [1.807, 2.05) is 0 Å². The zero-order valence-corrected chi connectivity index (χ0v) is 32.4. The van der Waals surface area contributed by atoms with Crippen LogP contribution in [0.25, 0.3) is 22.0 Å². The lowest BCUT2D eigenvalue weighted by Crippen LogP contribution is -2.54. The third kappa shape index (κ3) is 8.84. The summed E-state index contributed by atoms with van der Waals surface area (Å²) >= 11 is 0. The second-order valence-corrected chi connectivity index (χ2v) is 14.7. The van der Waals surface area contributed by atoms with E-state index >= 15 is 8.78 Å². The number of anilines is 2. The van der Waals surface area contributed by atoms with Gasteiger partial charge in [0.25, 0.3) is 23.6 Å². The van der Waals surface area contributed by atoms with Crippen molar-refractivity contribution in [2.45, 2.75) is 57.0 Å². The molecule has 1 saturated heterocycles. The van der Waals surface area contributed by atoms with E-state index in [0.29, 0.717) is 48.0 Å². The lowest BCUT2D eigenvalue weighted by atomic mass is 9.98. The van der Waals surface area contributed by atoms with Crippen LogP contribution in [0.5, 0.6) is 0 Å². The van der Waals surface area contributed by atoms with E-state index in [-0.39, 0.29) is 77.9 Å². The topological polar surface area (TPSA) is 208 Å². The average molecular weight is 821 g/mol. The lowest BCUT2D eigenvalue weighted by Gasteiger charge is -2.27. The fraction of sp³-hybridized carbons (Fsp3) is 0.302. The van der Waals surface area contributed by atoms with Crippen molar-refractivity contribution in [3.8, 4) is 11.1 Å². The molecule has 1 aliphatic carbocycles. The molecule has 3 aromatic carbocycles. The summed E-state index contributed by atoms with van der Waals surface area (Å²) in [7, 11) is 0. The molecule has 2 aliphatic heterocycles. The molecule has 1 saturated carbocycles. The molecule has 7 rings (SSSR count). The summed E-state index contributed by atoms with van der Waals surface area (Å²) in [5.41, 5.74) is 1.45. The normalized spacial score (nSPS) is 16.0. The molecule has 0 spiro atoms. The van der Waals surface area contributed by atoms with Crippen LogP contribution >= 0.6 is 0 Å². The Morgan fingerprint density at radius 1 is 0.850 bits per heavy atom. The van der Waals surface area contributed by atoms with E-state index in [4.69, 9.17) is 0 Å². The number of unbranched alkanes of at least 4 members (excludes halogenated alkanes) is 1. The molecule has 0 bridgehead atoms. The maximum atomic E-state index is 15.5. The highest BCUT2D eigenvalue weighted by Crippen LogP contribution is 2.35. The van der Waals surface area contributed by atoms with Crippen LogP contribution in [0.4, 0.5) is 20.2 Å². The van der Waals surface area contributed by atoms with Crippen molar-refractivity contribution in [1.29, 1.82) is 0 Å². The second-order valence-electron chi connectivity index (χ2n) is 14.7. The van der Waals surface area contributed by atoms with Crippen molar-refractivity contribution in [3.05, 3.63) is 101 Å². The van der Waals surface area contributed by atoms with Crippen molar-refractivity contribution in [1.82, 2.24) is 31.2 Å². The Morgan fingerprint density at radius 2 is 1.63 bits per heavy atom. The van der Waals surface area contributed by atoms with Crippen molar-refractivity contribution in [2.75, 3.05) is 36.8 Å². The molecule has 0 radical (unpaired) electrons. The van der Waals surface area contributed by atoms with Crippen LogP contribution < -0.4 is 31.9 Å². The molecule has 60 heavy (non-hydrogen) atoms. The Kier molecular flexibility index (Phi) is 12.2. The number of nitrogens with zero attached hydrogens (tertiary/aromatic N) is 2. The number of halogens is 2. The van der Waals surface area contributed by atoms with Gasteiger partial charge in [0.1, 0.15) is 17.7 Å². The minimum atomic E-state index is -1.12. The Balaban J connectivity index is 0.899. The first-order valence-corrected chi connectivity index (χ1v) is 19.7. The number of pyridine rings is 1. The summed E-state index contributed by atoms with van der Waals surface area (Å²) < 4.78 is 30.8. The number of imide groups is 2. The SMILES string of the molecule is C=CCCNc1c(C(=O)NC2CC2)cnc2cc(F)c(-c3ccc(C(=O)NCCCCNC(=O)CNc4cccc5c4C(=O)N(C4CCC(=O)NC4=O)C5=O)c(F)c3)cc12. The van der Waals surface area contributed by atoms with E-state index in [9.17, 15) is 33.6 Å². The van der Waals surface area contributed by atoms with Crippen molar-refractivity contribution < 1.29 is 42.3 Å². The van der Waals surface area contributed by atoms with Gasteiger partial charge in [-0.15, -0.1) is 6.58 Å². The standard InChI is InChI=1S/C43H42F2N8O7/c1-2-3-15-47-38-28-19-27(31(45)20-33(28)49-21-29(38)40(57)51-24-10-11-24)23-9-12-25(30(44)18-23)39(56)48-17-5-4-16-46-36(55)22-50-32-8-6-7-26-37(32)43(60)53(42(26)59)34-13-14-35(54)52-41(34)58/h2,6-9,12,18-21,24,34,50H,1,3-5,10-11,13-17,22H2,(H,46,55)(H,47,49)(H,48,56)(H,51,57)(H,52,54,58). The molecule has 3 aliphatic rings. The summed E-state index contributed by atoms with van der Waals surface area (Å²) in [6, 6.07) is 10.1. The molecular weight excluding hydrogens is 779 g/mol. The van der Waals surface area contributed by atoms with Crippen LogP contribution in [-0.2, 0) is 14.4 Å². The Labute approximate surface area is 342 Å². The van der Waals surface area contributed by atoms with E-state index in [1.165, 1.54) is 42.6 Å². The molecule has 4 aromatic rings. The van der Waals surface area contributed by atoms with E-state index in [1.54, 1.807) is 12.1 Å². The van der Waals surface area contributed by atoms with Crippen molar-refractivity contribution in [3.63, 3.8) is 0 Å². The summed E-state index contributed by atoms with van der Waals surface area (Å²) in [6.07, 6.45) is 6.46.